The van der Waals surface area contributed by atoms with Gasteiger partial charge in [-0.3, -0.25) is 0 Å². The van der Waals surface area contributed by atoms with Crippen LogP contribution in [0.25, 0.3) is 22.2 Å². The normalized spacial score (nSPS) is 10.7. The van der Waals surface area contributed by atoms with Crippen LogP contribution in [-0.2, 0) is 4.74 Å². The summed E-state index contributed by atoms with van der Waals surface area (Å²) in [4.78, 5) is 11.6. The predicted octanol–water partition coefficient (Wildman–Crippen LogP) is 2.69. The number of para-hydroxylation sites is 1. The summed E-state index contributed by atoms with van der Waals surface area (Å²) in [5.41, 5.74) is 1.16. The molecule has 21 heavy (non-hydrogen) atoms. The molecule has 2 aromatic carbocycles. The molecular weight excluding hydrogens is 274 g/mol. The maximum absolute atomic E-state index is 11.6. The second-order valence-corrected chi connectivity index (χ2v) is 4.41. The number of ether oxygens (including phenoxy) is 1. The van der Waals surface area contributed by atoms with E-state index in [1.54, 1.807) is 18.2 Å². The van der Waals surface area contributed by atoms with E-state index in [1.165, 1.54) is 13.2 Å². The van der Waals surface area contributed by atoms with Crippen molar-refractivity contribution in [3.8, 4) is 22.8 Å². The van der Waals surface area contributed by atoms with Crippen molar-refractivity contribution in [3.63, 3.8) is 0 Å². The lowest BCUT2D eigenvalue weighted by molar-refractivity contribution is 0.0597. The second kappa shape index (κ2) is 4.82. The summed E-state index contributed by atoms with van der Waals surface area (Å²) >= 11 is 0. The highest BCUT2D eigenvalue weighted by atomic mass is 16.5. The van der Waals surface area contributed by atoms with E-state index in [0.29, 0.717) is 16.7 Å². The summed E-state index contributed by atoms with van der Waals surface area (Å²) < 4.78 is 9.77. The lowest BCUT2D eigenvalue weighted by atomic mass is 10.0. The van der Waals surface area contributed by atoms with E-state index < -0.39 is 5.97 Å². The molecule has 3 rings (SSSR count). The van der Waals surface area contributed by atoms with Gasteiger partial charge < -0.3 is 19.5 Å². The number of hydrogen-bond acceptors (Lipinski definition) is 6. The van der Waals surface area contributed by atoms with Crippen molar-refractivity contribution < 1.29 is 24.3 Å². The number of rotatable bonds is 2. The zero-order valence-corrected chi connectivity index (χ0v) is 11.0. The number of aromatic hydroxyl groups is 2. The number of nitrogens with zero attached hydrogens (tertiary/aromatic N) is 1. The van der Waals surface area contributed by atoms with Gasteiger partial charge in [0.15, 0.2) is 5.58 Å². The molecule has 1 heterocycles. The molecule has 1 aromatic heterocycles. The van der Waals surface area contributed by atoms with Gasteiger partial charge in [0.25, 0.3) is 0 Å². The maximum atomic E-state index is 11.6. The molecule has 106 valence electrons. The van der Waals surface area contributed by atoms with Crippen LogP contribution in [0.2, 0.25) is 0 Å². The Bertz CT molecular complexity index is 837. The molecule has 0 saturated carbocycles. The van der Waals surface area contributed by atoms with Gasteiger partial charge in [-0.1, -0.05) is 17.3 Å². The van der Waals surface area contributed by atoms with Gasteiger partial charge in [-0.05, 0) is 18.2 Å². The van der Waals surface area contributed by atoms with E-state index in [2.05, 4.69) is 9.89 Å². The molecule has 0 aliphatic carbocycles. The van der Waals surface area contributed by atoms with Crippen LogP contribution in [-0.4, -0.2) is 28.4 Å². The summed E-state index contributed by atoms with van der Waals surface area (Å²) in [6.45, 7) is 0. The highest BCUT2D eigenvalue weighted by Crippen LogP contribution is 2.37. The van der Waals surface area contributed by atoms with Gasteiger partial charge in [-0.25, -0.2) is 4.79 Å². The van der Waals surface area contributed by atoms with Crippen LogP contribution in [0.15, 0.2) is 40.9 Å². The van der Waals surface area contributed by atoms with Gasteiger partial charge in [-0.15, -0.1) is 0 Å². The first kappa shape index (κ1) is 13.0. The Labute approximate surface area is 119 Å². The molecule has 0 radical (unpaired) electrons. The smallest absolute Gasteiger partial charge is 0.341 e. The molecule has 0 fully saturated rings. The minimum absolute atomic E-state index is 0.0580. The molecule has 6 nitrogen and oxygen atoms in total. The molecule has 0 saturated heterocycles. The summed E-state index contributed by atoms with van der Waals surface area (Å²) in [5, 5.41) is 24.3. The molecule has 6 heteroatoms. The first-order valence-electron chi connectivity index (χ1n) is 6.11. The number of methoxy groups -OCH3 is 1. The zero-order chi connectivity index (χ0) is 15.0. The molecule has 0 amide bonds. The van der Waals surface area contributed by atoms with E-state index in [-0.39, 0.29) is 22.6 Å². The highest BCUT2D eigenvalue weighted by molar-refractivity contribution is 5.98. The maximum Gasteiger partial charge on any atom is 0.341 e. The van der Waals surface area contributed by atoms with Gasteiger partial charge in [0.05, 0.1) is 7.11 Å². The number of benzene rings is 2. The largest absolute Gasteiger partial charge is 0.507 e. The number of esters is 1. The fourth-order valence-corrected chi connectivity index (χ4v) is 2.12. The Morgan fingerprint density at radius 3 is 2.71 bits per heavy atom. The number of fused-ring (bicyclic) bond motifs is 1. The lowest BCUT2D eigenvalue weighted by Gasteiger charge is -2.07. The van der Waals surface area contributed by atoms with Gasteiger partial charge in [0.2, 0.25) is 0 Å². The number of phenolic OH excluding ortho intramolecular Hbond substituents is 2. The average Bonchev–Trinajstić information content (AvgIpc) is 2.90. The SMILES string of the molecule is COC(=O)c1cc(-c2noc3ccccc23)c(O)cc1O. The van der Waals surface area contributed by atoms with Gasteiger partial charge in [-0.2, -0.15) is 0 Å². The van der Waals surface area contributed by atoms with Crippen LogP contribution in [0, 0.1) is 0 Å². The number of phenols is 2. The molecule has 0 bridgehead atoms. The third-order valence-electron chi connectivity index (χ3n) is 3.15. The van der Waals surface area contributed by atoms with Gasteiger partial charge in [0, 0.05) is 17.0 Å². The Kier molecular flexibility index (Phi) is 2.98. The third-order valence-corrected chi connectivity index (χ3v) is 3.15. The van der Waals surface area contributed by atoms with E-state index in [4.69, 9.17) is 4.52 Å². The summed E-state index contributed by atoms with van der Waals surface area (Å²) in [7, 11) is 1.21. The quantitative estimate of drug-likeness (QED) is 0.703. The third kappa shape index (κ3) is 2.06. The molecule has 3 aromatic rings. The number of aromatic nitrogens is 1. The minimum atomic E-state index is -0.707. The standard InChI is InChI=1S/C15H11NO5/c1-20-15(19)10-6-9(11(17)7-12(10)18)14-8-4-2-3-5-13(8)21-16-14/h2-7,17-18H,1H3. The van der Waals surface area contributed by atoms with Crippen molar-refractivity contribution >= 4 is 16.9 Å². The number of hydrogen-bond donors (Lipinski definition) is 2. The van der Waals surface area contributed by atoms with Crippen molar-refractivity contribution in [2.45, 2.75) is 0 Å². The molecule has 0 spiro atoms. The van der Waals surface area contributed by atoms with Crippen LogP contribution in [0.5, 0.6) is 11.5 Å². The Morgan fingerprint density at radius 2 is 1.95 bits per heavy atom. The van der Waals surface area contributed by atoms with Crippen LogP contribution in [0.1, 0.15) is 10.4 Å². The van der Waals surface area contributed by atoms with Crippen molar-refractivity contribution in [3.05, 3.63) is 42.0 Å². The van der Waals surface area contributed by atoms with E-state index in [1.807, 2.05) is 6.07 Å². The number of carbonyl (C=O) groups is 1. The van der Waals surface area contributed by atoms with E-state index >= 15 is 0 Å². The first-order chi connectivity index (χ1) is 10.1. The lowest BCUT2D eigenvalue weighted by Crippen LogP contribution is -2.02. The highest BCUT2D eigenvalue weighted by Gasteiger charge is 2.20. The average molecular weight is 285 g/mol. The Morgan fingerprint density at radius 1 is 1.19 bits per heavy atom. The first-order valence-corrected chi connectivity index (χ1v) is 6.11. The van der Waals surface area contributed by atoms with Crippen LogP contribution in [0.4, 0.5) is 0 Å². The fourth-order valence-electron chi connectivity index (χ4n) is 2.12. The Hall–Kier alpha value is -3.02. The summed E-state index contributed by atoms with van der Waals surface area (Å²) in [6.07, 6.45) is 0. The summed E-state index contributed by atoms with van der Waals surface area (Å²) in [6, 6.07) is 9.52. The minimum Gasteiger partial charge on any atom is -0.507 e. The molecule has 0 atom stereocenters. The topological polar surface area (TPSA) is 92.8 Å². The van der Waals surface area contributed by atoms with Crippen LogP contribution >= 0.6 is 0 Å². The Balaban J connectivity index is 2.25. The van der Waals surface area contributed by atoms with Crippen molar-refractivity contribution in [1.29, 1.82) is 0 Å². The van der Waals surface area contributed by atoms with E-state index in [0.717, 1.165) is 6.07 Å². The van der Waals surface area contributed by atoms with Crippen molar-refractivity contribution in [1.82, 2.24) is 5.16 Å². The van der Waals surface area contributed by atoms with Crippen molar-refractivity contribution in [2.75, 3.05) is 7.11 Å². The second-order valence-electron chi connectivity index (χ2n) is 4.41. The molecule has 0 aliphatic heterocycles. The predicted molar refractivity (Wildman–Crippen MR) is 74.1 cm³/mol. The molecule has 0 aliphatic rings. The molecule has 2 N–H and O–H groups in total. The fraction of sp³-hybridized carbons (Fsp3) is 0.0667. The van der Waals surface area contributed by atoms with Gasteiger partial charge in [0.1, 0.15) is 22.8 Å². The van der Waals surface area contributed by atoms with E-state index in [9.17, 15) is 15.0 Å². The summed E-state index contributed by atoms with van der Waals surface area (Å²) in [5.74, 6) is -1.28. The van der Waals surface area contributed by atoms with Crippen molar-refractivity contribution in [2.24, 2.45) is 0 Å². The van der Waals surface area contributed by atoms with Gasteiger partial charge >= 0.3 is 5.97 Å². The zero-order valence-electron chi connectivity index (χ0n) is 11.0. The van der Waals surface area contributed by atoms with Crippen LogP contribution < -0.4 is 0 Å². The van der Waals surface area contributed by atoms with Crippen LogP contribution in [0.3, 0.4) is 0 Å². The monoisotopic (exact) mass is 285 g/mol. The number of carbonyl (C=O) groups excluding carboxylic acids is 1. The molecule has 0 unspecified atom stereocenters. The molecular formula is C15H11NO5.